The van der Waals surface area contributed by atoms with Crippen LogP contribution in [0.3, 0.4) is 0 Å². The third-order valence-electron chi connectivity index (χ3n) is 2.95. The number of hydrogen-bond donors (Lipinski definition) is 0. The number of allylic oxidation sites excluding steroid dienone is 3. The molecule has 0 saturated heterocycles. The molecule has 0 radical (unpaired) electrons. The van der Waals surface area contributed by atoms with Crippen molar-refractivity contribution >= 4 is 24.0 Å². The molecule has 1 aromatic rings. The second-order valence-electron chi connectivity index (χ2n) is 4.21. The van der Waals surface area contributed by atoms with Crippen molar-refractivity contribution in [3.05, 3.63) is 51.9 Å². The summed E-state index contributed by atoms with van der Waals surface area (Å²) in [5.41, 5.74) is 0.698. The van der Waals surface area contributed by atoms with Crippen molar-refractivity contribution in [2.75, 3.05) is 0 Å². The molecule has 2 aliphatic rings. The molecule has 1 heterocycles. The van der Waals surface area contributed by atoms with E-state index in [0.29, 0.717) is 40.1 Å². The minimum absolute atomic E-state index is 0.0186. The molecule has 5 heteroatoms. The number of carbonyl (C=O) groups excluding carboxylic acids is 2. The maximum absolute atomic E-state index is 13.7. The van der Waals surface area contributed by atoms with Gasteiger partial charge in [0.2, 0.25) is 0 Å². The summed E-state index contributed by atoms with van der Waals surface area (Å²) in [4.78, 5) is 24.1. The van der Waals surface area contributed by atoms with Crippen molar-refractivity contribution in [2.24, 2.45) is 0 Å². The van der Waals surface area contributed by atoms with E-state index in [1.165, 1.54) is 23.9 Å². The molecule has 0 bridgehead atoms. The van der Waals surface area contributed by atoms with Crippen LogP contribution >= 0.6 is 11.8 Å². The minimum Gasteiger partial charge on any atom is -0.419 e. The van der Waals surface area contributed by atoms with Crippen LogP contribution in [0.5, 0.6) is 0 Å². The van der Waals surface area contributed by atoms with Crippen molar-refractivity contribution in [3.8, 4) is 0 Å². The van der Waals surface area contributed by atoms with Crippen molar-refractivity contribution in [1.29, 1.82) is 0 Å². The Kier molecular flexibility index (Phi) is 2.98. The van der Waals surface area contributed by atoms with Gasteiger partial charge >= 0.3 is 5.97 Å². The van der Waals surface area contributed by atoms with Crippen LogP contribution in [0.25, 0.3) is 0 Å². The van der Waals surface area contributed by atoms with Crippen LogP contribution in [0.15, 0.2) is 45.7 Å². The van der Waals surface area contributed by atoms with Gasteiger partial charge in [-0.25, -0.2) is 9.18 Å². The lowest BCUT2D eigenvalue weighted by Gasteiger charge is -2.13. The van der Waals surface area contributed by atoms with Gasteiger partial charge in [-0.3, -0.25) is 4.79 Å². The van der Waals surface area contributed by atoms with Gasteiger partial charge in [0.25, 0.3) is 0 Å². The molecule has 1 aromatic carbocycles. The summed E-state index contributed by atoms with van der Waals surface area (Å²) in [7, 11) is 0. The Morgan fingerprint density at radius 3 is 3.00 bits per heavy atom. The lowest BCUT2D eigenvalue weighted by atomic mass is 10.1. The van der Waals surface area contributed by atoms with E-state index in [-0.39, 0.29) is 5.76 Å². The van der Waals surface area contributed by atoms with Gasteiger partial charge in [-0.05, 0) is 31.1 Å². The average molecular weight is 276 g/mol. The fourth-order valence-electron chi connectivity index (χ4n) is 2.02. The molecule has 3 rings (SSSR count). The summed E-state index contributed by atoms with van der Waals surface area (Å²) in [5.74, 6) is -1.10. The summed E-state index contributed by atoms with van der Waals surface area (Å²) < 4.78 is 18.8. The molecule has 96 valence electrons. The van der Waals surface area contributed by atoms with Gasteiger partial charge in [0, 0.05) is 15.4 Å². The molecule has 0 fully saturated rings. The van der Waals surface area contributed by atoms with E-state index in [9.17, 15) is 14.0 Å². The number of aldehydes is 1. The van der Waals surface area contributed by atoms with Crippen molar-refractivity contribution in [3.63, 3.8) is 0 Å². The Morgan fingerprint density at radius 2 is 2.21 bits per heavy atom. The lowest BCUT2D eigenvalue weighted by molar-refractivity contribution is 0.0617. The number of ether oxygens (including phenoxy) is 1. The summed E-state index contributed by atoms with van der Waals surface area (Å²) >= 11 is 1.33. The number of benzene rings is 1. The van der Waals surface area contributed by atoms with E-state index in [4.69, 9.17) is 4.74 Å². The molecule has 0 amide bonds. The first-order chi connectivity index (χ1) is 9.19. The first-order valence-corrected chi connectivity index (χ1v) is 6.59. The quantitative estimate of drug-likeness (QED) is 0.580. The Morgan fingerprint density at radius 1 is 1.37 bits per heavy atom. The van der Waals surface area contributed by atoms with E-state index in [0.717, 1.165) is 0 Å². The fraction of sp³-hybridized carbons (Fsp3) is 0.143. The topological polar surface area (TPSA) is 43.4 Å². The summed E-state index contributed by atoms with van der Waals surface area (Å²) in [6.45, 7) is 0. The second-order valence-corrected chi connectivity index (χ2v) is 5.34. The first kappa shape index (κ1) is 12.2. The van der Waals surface area contributed by atoms with Crippen LogP contribution in [-0.4, -0.2) is 12.3 Å². The van der Waals surface area contributed by atoms with Crippen LogP contribution in [0.2, 0.25) is 0 Å². The molecule has 1 aliphatic carbocycles. The van der Waals surface area contributed by atoms with Crippen molar-refractivity contribution in [1.82, 2.24) is 0 Å². The SMILES string of the molecule is O=Cc1ccc2c(c1)C(=O)OC1=C(CCC=C1F)S2. The van der Waals surface area contributed by atoms with Gasteiger partial charge in [0.15, 0.2) is 11.6 Å². The number of fused-ring (bicyclic) bond motifs is 1. The fourth-order valence-corrected chi connectivity index (χ4v) is 3.13. The van der Waals surface area contributed by atoms with E-state index < -0.39 is 11.8 Å². The third kappa shape index (κ3) is 2.10. The normalized spacial score (nSPS) is 17.9. The van der Waals surface area contributed by atoms with Gasteiger partial charge < -0.3 is 4.74 Å². The minimum atomic E-state index is -0.623. The summed E-state index contributed by atoms with van der Waals surface area (Å²) in [5, 5.41) is 0. The number of halogens is 1. The molecule has 0 unspecified atom stereocenters. The van der Waals surface area contributed by atoms with E-state index >= 15 is 0 Å². The Balaban J connectivity index is 2.09. The Hall–Kier alpha value is -1.88. The molecule has 0 atom stereocenters. The summed E-state index contributed by atoms with van der Waals surface area (Å²) in [6, 6.07) is 4.79. The predicted molar refractivity (Wildman–Crippen MR) is 68.6 cm³/mol. The molecule has 1 aliphatic heterocycles. The van der Waals surface area contributed by atoms with E-state index in [2.05, 4.69) is 0 Å². The number of esters is 1. The van der Waals surface area contributed by atoms with Crippen LogP contribution in [-0.2, 0) is 4.74 Å². The van der Waals surface area contributed by atoms with Crippen LogP contribution in [0.1, 0.15) is 33.6 Å². The first-order valence-electron chi connectivity index (χ1n) is 5.77. The zero-order valence-electron chi connectivity index (χ0n) is 9.81. The molecular weight excluding hydrogens is 267 g/mol. The highest BCUT2D eigenvalue weighted by molar-refractivity contribution is 8.03. The molecular formula is C14H9FO3S. The number of thioether (sulfide) groups is 1. The molecule has 0 N–H and O–H groups in total. The van der Waals surface area contributed by atoms with Crippen molar-refractivity contribution in [2.45, 2.75) is 17.7 Å². The maximum atomic E-state index is 13.7. The van der Waals surface area contributed by atoms with Gasteiger partial charge in [-0.15, -0.1) is 0 Å². The Bertz CT molecular complexity index is 646. The van der Waals surface area contributed by atoms with Gasteiger partial charge in [-0.2, -0.15) is 0 Å². The standard InChI is InChI=1S/C14H9FO3S/c15-10-2-1-3-12-13(10)18-14(17)9-6-8(7-16)4-5-11(9)19-12/h2,4-7H,1,3H2. The van der Waals surface area contributed by atoms with Crippen LogP contribution in [0.4, 0.5) is 4.39 Å². The number of hydrogen-bond acceptors (Lipinski definition) is 4. The second kappa shape index (κ2) is 4.66. The largest absolute Gasteiger partial charge is 0.419 e. The number of rotatable bonds is 1. The highest BCUT2D eigenvalue weighted by Crippen LogP contribution is 2.42. The molecule has 0 saturated carbocycles. The van der Waals surface area contributed by atoms with Gasteiger partial charge in [0.05, 0.1) is 5.56 Å². The Labute approximate surface area is 113 Å². The maximum Gasteiger partial charge on any atom is 0.344 e. The van der Waals surface area contributed by atoms with Gasteiger partial charge in [0.1, 0.15) is 6.29 Å². The zero-order chi connectivity index (χ0) is 13.4. The third-order valence-corrected chi connectivity index (χ3v) is 4.16. The highest BCUT2D eigenvalue weighted by Gasteiger charge is 2.28. The lowest BCUT2D eigenvalue weighted by Crippen LogP contribution is -2.07. The van der Waals surface area contributed by atoms with Crippen LogP contribution < -0.4 is 0 Å². The van der Waals surface area contributed by atoms with Gasteiger partial charge in [-0.1, -0.05) is 17.8 Å². The average Bonchev–Trinajstić information content (AvgIpc) is 2.56. The number of carbonyl (C=O) groups is 2. The highest BCUT2D eigenvalue weighted by atomic mass is 32.2. The van der Waals surface area contributed by atoms with Crippen LogP contribution in [0, 0.1) is 0 Å². The zero-order valence-corrected chi connectivity index (χ0v) is 10.6. The molecule has 0 spiro atoms. The molecule has 3 nitrogen and oxygen atoms in total. The van der Waals surface area contributed by atoms with Crippen molar-refractivity contribution < 1.29 is 18.7 Å². The van der Waals surface area contributed by atoms with E-state index in [1.807, 2.05) is 0 Å². The van der Waals surface area contributed by atoms with E-state index in [1.54, 1.807) is 12.1 Å². The monoisotopic (exact) mass is 276 g/mol. The predicted octanol–water partition coefficient (Wildman–Crippen LogP) is 3.62. The molecule has 19 heavy (non-hydrogen) atoms. The molecule has 0 aromatic heterocycles. The summed E-state index contributed by atoms with van der Waals surface area (Å²) in [6.07, 6.45) is 3.32. The smallest absolute Gasteiger partial charge is 0.344 e.